The van der Waals surface area contributed by atoms with Crippen LogP contribution in [0.3, 0.4) is 0 Å². The van der Waals surface area contributed by atoms with Crippen molar-refractivity contribution in [3.8, 4) is 0 Å². The molecule has 0 amide bonds. The Morgan fingerprint density at radius 3 is 2.72 bits per heavy atom. The number of nitrogens with one attached hydrogen (secondary N) is 1. The molecule has 1 N–H and O–H groups in total. The van der Waals surface area contributed by atoms with E-state index in [1.54, 1.807) is 0 Å². The van der Waals surface area contributed by atoms with Crippen LogP contribution in [0.4, 0.5) is 0 Å². The molecule has 1 aromatic carbocycles. The van der Waals surface area contributed by atoms with Gasteiger partial charge in [-0.3, -0.25) is 4.99 Å². The summed E-state index contributed by atoms with van der Waals surface area (Å²) >= 11 is 0. The maximum Gasteiger partial charge on any atom is 0.193 e. The van der Waals surface area contributed by atoms with Gasteiger partial charge in [0.1, 0.15) is 0 Å². The molecule has 2 fully saturated rings. The fourth-order valence-electron chi connectivity index (χ4n) is 3.38. The Labute approximate surface area is 169 Å². The fourth-order valence-corrected chi connectivity index (χ4v) is 3.38. The number of hydrogen-bond acceptors (Lipinski definition) is 2. The third kappa shape index (κ3) is 7.13. The molecular formula is C20H32IN3O. The maximum atomic E-state index is 5.69. The standard InChI is InChI=1S/C20H31N3O.HI/c1-21-20(22-11-5-13-24-16-18-8-9-18)23-12-10-19(15-23)14-17-6-3-2-4-7-17;/h2-4,6-7,18-19H,5,8-16H2,1H3,(H,21,22);1H. The van der Waals surface area contributed by atoms with E-state index >= 15 is 0 Å². The highest BCUT2D eigenvalue weighted by Gasteiger charge is 2.25. The molecule has 1 atom stereocenters. The molecule has 1 saturated carbocycles. The first kappa shape index (κ1) is 20.5. The van der Waals surface area contributed by atoms with Crippen molar-refractivity contribution in [1.82, 2.24) is 10.2 Å². The Balaban J connectivity index is 0.00000225. The second-order valence-electron chi connectivity index (χ2n) is 7.14. The van der Waals surface area contributed by atoms with E-state index in [0.717, 1.165) is 57.1 Å². The van der Waals surface area contributed by atoms with Gasteiger partial charge in [0.05, 0.1) is 0 Å². The second kappa shape index (κ2) is 11.0. The van der Waals surface area contributed by atoms with E-state index in [2.05, 4.69) is 45.5 Å². The van der Waals surface area contributed by atoms with Gasteiger partial charge < -0.3 is 15.0 Å². The van der Waals surface area contributed by atoms with Gasteiger partial charge in [-0.2, -0.15) is 0 Å². The summed E-state index contributed by atoms with van der Waals surface area (Å²) in [6, 6.07) is 10.8. The lowest BCUT2D eigenvalue weighted by Crippen LogP contribution is -2.40. The average Bonchev–Trinajstić information content (AvgIpc) is 3.33. The highest BCUT2D eigenvalue weighted by Crippen LogP contribution is 2.28. The molecular weight excluding hydrogens is 425 g/mol. The zero-order valence-electron chi connectivity index (χ0n) is 15.3. The van der Waals surface area contributed by atoms with Crippen LogP contribution in [0.5, 0.6) is 0 Å². The number of guanidine groups is 1. The van der Waals surface area contributed by atoms with Gasteiger partial charge in [0.2, 0.25) is 0 Å². The lowest BCUT2D eigenvalue weighted by Gasteiger charge is -2.21. The van der Waals surface area contributed by atoms with Gasteiger partial charge in [0.15, 0.2) is 5.96 Å². The molecule has 3 rings (SSSR count). The van der Waals surface area contributed by atoms with E-state index < -0.39 is 0 Å². The number of nitrogens with zero attached hydrogens (tertiary/aromatic N) is 2. The molecule has 2 aliphatic rings. The third-order valence-electron chi connectivity index (χ3n) is 4.96. The number of ether oxygens (including phenoxy) is 1. The van der Waals surface area contributed by atoms with Gasteiger partial charge in [-0.05, 0) is 49.5 Å². The molecule has 5 heteroatoms. The van der Waals surface area contributed by atoms with Crippen LogP contribution >= 0.6 is 24.0 Å². The normalized spacial score (nSPS) is 20.4. The smallest absolute Gasteiger partial charge is 0.193 e. The average molecular weight is 457 g/mol. The predicted molar refractivity (Wildman–Crippen MR) is 115 cm³/mol. The van der Waals surface area contributed by atoms with Crippen LogP contribution in [0, 0.1) is 11.8 Å². The fraction of sp³-hybridized carbons (Fsp3) is 0.650. The highest BCUT2D eigenvalue weighted by atomic mass is 127. The summed E-state index contributed by atoms with van der Waals surface area (Å²) in [4.78, 5) is 6.86. The van der Waals surface area contributed by atoms with Crippen molar-refractivity contribution in [2.75, 3.05) is 39.9 Å². The summed E-state index contributed by atoms with van der Waals surface area (Å²) in [7, 11) is 1.89. The van der Waals surface area contributed by atoms with Gasteiger partial charge in [-0.25, -0.2) is 0 Å². The quantitative estimate of drug-likeness (QED) is 0.281. The minimum absolute atomic E-state index is 0. The Kier molecular flexibility index (Phi) is 9.03. The molecule has 1 aliphatic carbocycles. The number of likely N-dealkylation sites (tertiary alicyclic amines) is 1. The lowest BCUT2D eigenvalue weighted by molar-refractivity contribution is 0.122. The minimum atomic E-state index is 0. The third-order valence-corrected chi connectivity index (χ3v) is 4.96. The summed E-state index contributed by atoms with van der Waals surface area (Å²) in [6.07, 6.45) is 6.20. The molecule has 1 saturated heterocycles. The summed E-state index contributed by atoms with van der Waals surface area (Å²) in [5.74, 6) is 2.64. The number of rotatable bonds is 8. The number of hydrogen-bond donors (Lipinski definition) is 1. The van der Waals surface area contributed by atoms with Crippen molar-refractivity contribution in [2.45, 2.75) is 32.1 Å². The van der Waals surface area contributed by atoms with E-state index in [-0.39, 0.29) is 24.0 Å². The van der Waals surface area contributed by atoms with Gasteiger partial charge in [-0.15, -0.1) is 24.0 Å². The molecule has 1 heterocycles. The predicted octanol–water partition coefficient (Wildman–Crippen LogP) is 3.56. The van der Waals surface area contributed by atoms with Gasteiger partial charge >= 0.3 is 0 Å². The topological polar surface area (TPSA) is 36.9 Å². The molecule has 25 heavy (non-hydrogen) atoms. The van der Waals surface area contributed by atoms with Crippen molar-refractivity contribution in [3.63, 3.8) is 0 Å². The first-order valence-corrected chi connectivity index (χ1v) is 9.42. The Bertz CT molecular complexity index is 519. The monoisotopic (exact) mass is 457 g/mol. The Morgan fingerprint density at radius 1 is 1.20 bits per heavy atom. The summed E-state index contributed by atoms with van der Waals surface area (Å²) in [5, 5.41) is 3.50. The molecule has 0 bridgehead atoms. The van der Waals surface area contributed by atoms with Gasteiger partial charge in [0, 0.05) is 39.9 Å². The lowest BCUT2D eigenvalue weighted by atomic mass is 9.99. The van der Waals surface area contributed by atoms with E-state index in [4.69, 9.17) is 4.74 Å². The van der Waals surface area contributed by atoms with Crippen molar-refractivity contribution in [1.29, 1.82) is 0 Å². The molecule has 1 unspecified atom stereocenters. The zero-order valence-corrected chi connectivity index (χ0v) is 17.7. The van der Waals surface area contributed by atoms with Crippen LogP contribution in [0.15, 0.2) is 35.3 Å². The molecule has 4 nitrogen and oxygen atoms in total. The highest BCUT2D eigenvalue weighted by molar-refractivity contribution is 14.0. The van der Waals surface area contributed by atoms with E-state index in [0.29, 0.717) is 0 Å². The van der Waals surface area contributed by atoms with E-state index in [1.165, 1.54) is 31.2 Å². The van der Waals surface area contributed by atoms with Crippen LogP contribution < -0.4 is 5.32 Å². The SMILES string of the molecule is CN=C(NCCCOCC1CC1)N1CCC(Cc2ccccc2)C1.I. The first-order chi connectivity index (χ1) is 11.8. The summed E-state index contributed by atoms with van der Waals surface area (Å²) < 4.78 is 5.69. The largest absolute Gasteiger partial charge is 0.381 e. The van der Waals surface area contributed by atoms with Crippen LogP contribution in [0.1, 0.15) is 31.2 Å². The summed E-state index contributed by atoms with van der Waals surface area (Å²) in [6.45, 7) is 4.97. The number of aliphatic imine (C=N–C) groups is 1. The van der Waals surface area contributed by atoms with Crippen molar-refractivity contribution >= 4 is 29.9 Å². The molecule has 0 spiro atoms. The Morgan fingerprint density at radius 2 is 2.00 bits per heavy atom. The van der Waals surface area contributed by atoms with Gasteiger partial charge in [0.25, 0.3) is 0 Å². The van der Waals surface area contributed by atoms with E-state index in [9.17, 15) is 0 Å². The van der Waals surface area contributed by atoms with Crippen molar-refractivity contribution in [2.24, 2.45) is 16.8 Å². The van der Waals surface area contributed by atoms with Crippen LogP contribution in [-0.2, 0) is 11.2 Å². The summed E-state index contributed by atoms with van der Waals surface area (Å²) in [5.41, 5.74) is 1.44. The minimum Gasteiger partial charge on any atom is -0.381 e. The molecule has 0 radical (unpaired) electrons. The zero-order chi connectivity index (χ0) is 16.6. The molecule has 0 aromatic heterocycles. The maximum absolute atomic E-state index is 5.69. The van der Waals surface area contributed by atoms with Crippen LogP contribution in [-0.4, -0.2) is 50.8 Å². The van der Waals surface area contributed by atoms with Crippen molar-refractivity contribution in [3.05, 3.63) is 35.9 Å². The Hall–Kier alpha value is -0.820. The van der Waals surface area contributed by atoms with Crippen molar-refractivity contribution < 1.29 is 4.74 Å². The molecule has 1 aromatic rings. The van der Waals surface area contributed by atoms with E-state index in [1.807, 2.05) is 7.05 Å². The van der Waals surface area contributed by atoms with Gasteiger partial charge in [-0.1, -0.05) is 30.3 Å². The molecule has 1 aliphatic heterocycles. The van der Waals surface area contributed by atoms with Crippen LogP contribution in [0.25, 0.3) is 0 Å². The number of halogens is 1. The second-order valence-corrected chi connectivity index (χ2v) is 7.14. The number of benzene rings is 1. The molecule has 140 valence electrons. The first-order valence-electron chi connectivity index (χ1n) is 9.42. The van der Waals surface area contributed by atoms with Crippen LogP contribution in [0.2, 0.25) is 0 Å².